The van der Waals surface area contributed by atoms with Crippen molar-refractivity contribution < 1.29 is 4.79 Å². The molecule has 1 aromatic rings. The van der Waals surface area contributed by atoms with Crippen LogP contribution in [0.2, 0.25) is 0 Å². The van der Waals surface area contributed by atoms with Crippen LogP contribution in [0.1, 0.15) is 33.6 Å². The zero-order valence-electron chi connectivity index (χ0n) is 12.8. The minimum absolute atomic E-state index is 0.201. The molecule has 0 atom stereocenters. The number of carbonyl (C=O) groups excluding carboxylic acids is 1. The molecule has 1 saturated heterocycles. The fourth-order valence-corrected chi connectivity index (χ4v) is 2.61. The van der Waals surface area contributed by atoms with Crippen LogP contribution in [0.25, 0.3) is 0 Å². The summed E-state index contributed by atoms with van der Waals surface area (Å²) < 4.78 is 0. The molecular weight excluding hydrogens is 250 g/mol. The fraction of sp³-hybridized carbons (Fsp3) is 0.625. The van der Waals surface area contributed by atoms with Crippen LogP contribution < -0.4 is 4.90 Å². The Morgan fingerprint density at radius 2 is 1.85 bits per heavy atom. The van der Waals surface area contributed by atoms with E-state index in [9.17, 15) is 4.79 Å². The quantitative estimate of drug-likeness (QED) is 0.847. The van der Waals surface area contributed by atoms with Crippen molar-refractivity contribution >= 4 is 11.7 Å². The van der Waals surface area contributed by atoms with Crippen molar-refractivity contribution in [3.63, 3.8) is 0 Å². The van der Waals surface area contributed by atoms with Crippen molar-refractivity contribution in [2.24, 2.45) is 5.41 Å². The molecule has 2 heterocycles. The van der Waals surface area contributed by atoms with Crippen molar-refractivity contribution in [1.82, 2.24) is 9.88 Å². The zero-order chi connectivity index (χ0) is 14.6. The summed E-state index contributed by atoms with van der Waals surface area (Å²) in [6.45, 7) is 9.62. The van der Waals surface area contributed by atoms with Crippen LogP contribution >= 0.6 is 0 Å². The van der Waals surface area contributed by atoms with E-state index in [1.807, 2.05) is 29.3 Å². The molecule has 0 saturated carbocycles. The number of amides is 1. The van der Waals surface area contributed by atoms with Gasteiger partial charge in [-0.25, -0.2) is 4.98 Å². The van der Waals surface area contributed by atoms with Gasteiger partial charge >= 0.3 is 0 Å². The molecule has 1 aliphatic heterocycles. The van der Waals surface area contributed by atoms with Gasteiger partial charge < -0.3 is 9.80 Å². The number of aromatic nitrogens is 1. The van der Waals surface area contributed by atoms with Gasteiger partial charge in [0.15, 0.2) is 0 Å². The van der Waals surface area contributed by atoms with Gasteiger partial charge in [-0.15, -0.1) is 0 Å². The van der Waals surface area contributed by atoms with Gasteiger partial charge in [-0.05, 0) is 25.0 Å². The lowest BCUT2D eigenvalue weighted by Crippen LogP contribution is -2.52. The maximum Gasteiger partial charge on any atom is 0.228 e. The number of anilines is 1. The Labute approximate surface area is 121 Å². The monoisotopic (exact) mass is 275 g/mol. The van der Waals surface area contributed by atoms with Crippen LogP contribution in [0, 0.1) is 5.41 Å². The molecule has 1 aromatic heterocycles. The maximum absolute atomic E-state index is 12.6. The Hall–Kier alpha value is -1.58. The molecule has 110 valence electrons. The molecular formula is C16H25N3O. The number of nitrogens with zero attached hydrogens (tertiary/aromatic N) is 3. The zero-order valence-corrected chi connectivity index (χ0v) is 12.8. The summed E-state index contributed by atoms with van der Waals surface area (Å²) in [6.07, 6.45) is 3.63. The molecule has 0 aromatic carbocycles. The topological polar surface area (TPSA) is 36.4 Å². The van der Waals surface area contributed by atoms with Crippen LogP contribution in [0.5, 0.6) is 0 Å². The van der Waals surface area contributed by atoms with Crippen LogP contribution in [-0.2, 0) is 4.79 Å². The number of hydrogen-bond donors (Lipinski definition) is 0. The molecule has 0 bridgehead atoms. The Morgan fingerprint density at radius 3 is 2.35 bits per heavy atom. The number of piperazine rings is 1. The third-order valence-electron chi connectivity index (χ3n) is 4.62. The van der Waals surface area contributed by atoms with E-state index >= 15 is 0 Å². The summed E-state index contributed by atoms with van der Waals surface area (Å²) >= 11 is 0. The van der Waals surface area contributed by atoms with Gasteiger partial charge in [0, 0.05) is 37.8 Å². The normalized spacial score (nSPS) is 16.4. The fourth-order valence-electron chi connectivity index (χ4n) is 2.61. The summed E-state index contributed by atoms with van der Waals surface area (Å²) in [5, 5.41) is 0. The molecule has 2 rings (SSSR count). The summed E-state index contributed by atoms with van der Waals surface area (Å²) in [5.41, 5.74) is -0.201. The molecule has 0 radical (unpaired) electrons. The van der Waals surface area contributed by atoms with Crippen LogP contribution in [0.4, 0.5) is 5.82 Å². The lowest BCUT2D eigenvalue weighted by atomic mass is 9.83. The van der Waals surface area contributed by atoms with E-state index in [1.54, 1.807) is 0 Å². The highest BCUT2D eigenvalue weighted by molar-refractivity contribution is 5.82. The number of rotatable bonds is 4. The third kappa shape index (κ3) is 2.94. The molecule has 4 nitrogen and oxygen atoms in total. The van der Waals surface area contributed by atoms with E-state index in [2.05, 4.69) is 30.7 Å². The summed E-state index contributed by atoms with van der Waals surface area (Å²) in [7, 11) is 0. The van der Waals surface area contributed by atoms with E-state index in [-0.39, 0.29) is 5.41 Å². The molecule has 1 amide bonds. The summed E-state index contributed by atoms with van der Waals surface area (Å²) in [4.78, 5) is 21.3. The number of pyridine rings is 1. The predicted molar refractivity (Wildman–Crippen MR) is 81.7 cm³/mol. The molecule has 0 aliphatic carbocycles. The smallest absolute Gasteiger partial charge is 0.228 e. The highest BCUT2D eigenvalue weighted by atomic mass is 16.2. The van der Waals surface area contributed by atoms with Crippen LogP contribution in [-0.4, -0.2) is 42.0 Å². The standard InChI is InChI=1S/C16H25N3O/c1-4-16(3,5-2)15(20)19-12-10-18(11-13-19)14-8-6-7-9-17-14/h6-9H,4-5,10-13H2,1-3H3. The van der Waals surface area contributed by atoms with E-state index in [4.69, 9.17) is 0 Å². The molecule has 1 aliphatic rings. The average Bonchev–Trinajstić information content (AvgIpc) is 2.54. The van der Waals surface area contributed by atoms with Gasteiger partial charge in [-0.2, -0.15) is 0 Å². The maximum atomic E-state index is 12.6. The van der Waals surface area contributed by atoms with Crippen molar-refractivity contribution in [3.8, 4) is 0 Å². The second-order valence-corrected chi connectivity index (χ2v) is 5.73. The van der Waals surface area contributed by atoms with E-state index in [0.29, 0.717) is 5.91 Å². The SMILES string of the molecule is CCC(C)(CC)C(=O)N1CCN(c2ccccn2)CC1. The lowest BCUT2D eigenvalue weighted by molar-refractivity contribution is -0.142. The van der Waals surface area contributed by atoms with Crippen molar-refractivity contribution in [3.05, 3.63) is 24.4 Å². The van der Waals surface area contributed by atoms with Crippen molar-refractivity contribution in [2.45, 2.75) is 33.6 Å². The lowest BCUT2D eigenvalue weighted by Gasteiger charge is -2.39. The number of carbonyl (C=O) groups is 1. The minimum Gasteiger partial charge on any atom is -0.353 e. The van der Waals surface area contributed by atoms with Crippen LogP contribution in [0.3, 0.4) is 0 Å². The Bertz CT molecular complexity index is 434. The first-order chi connectivity index (χ1) is 9.60. The first-order valence-electron chi connectivity index (χ1n) is 7.56. The molecule has 0 N–H and O–H groups in total. The second kappa shape index (κ2) is 6.25. The van der Waals surface area contributed by atoms with Gasteiger partial charge in [0.1, 0.15) is 5.82 Å². The third-order valence-corrected chi connectivity index (χ3v) is 4.62. The summed E-state index contributed by atoms with van der Waals surface area (Å²) in [5.74, 6) is 1.32. The number of hydrogen-bond acceptors (Lipinski definition) is 3. The van der Waals surface area contributed by atoms with Gasteiger partial charge in [0.2, 0.25) is 5.91 Å². The molecule has 20 heavy (non-hydrogen) atoms. The summed E-state index contributed by atoms with van der Waals surface area (Å²) in [6, 6.07) is 5.96. The van der Waals surface area contributed by atoms with Gasteiger partial charge in [-0.3, -0.25) is 4.79 Å². The van der Waals surface area contributed by atoms with Crippen LogP contribution in [0.15, 0.2) is 24.4 Å². The van der Waals surface area contributed by atoms with Gasteiger partial charge in [0.25, 0.3) is 0 Å². The Kier molecular flexibility index (Phi) is 4.63. The molecule has 0 spiro atoms. The molecule has 4 heteroatoms. The molecule has 1 fully saturated rings. The highest BCUT2D eigenvalue weighted by Crippen LogP contribution is 2.28. The first kappa shape index (κ1) is 14.8. The van der Waals surface area contributed by atoms with Crippen molar-refractivity contribution in [1.29, 1.82) is 0 Å². The van der Waals surface area contributed by atoms with E-state index in [0.717, 1.165) is 44.8 Å². The van der Waals surface area contributed by atoms with Gasteiger partial charge in [0.05, 0.1) is 0 Å². The minimum atomic E-state index is -0.201. The first-order valence-corrected chi connectivity index (χ1v) is 7.56. The Morgan fingerprint density at radius 1 is 1.20 bits per heavy atom. The van der Waals surface area contributed by atoms with E-state index < -0.39 is 0 Å². The molecule has 0 unspecified atom stereocenters. The largest absolute Gasteiger partial charge is 0.353 e. The Balaban J connectivity index is 1.96. The van der Waals surface area contributed by atoms with Crippen molar-refractivity contribution in [2.75, 3.05) is 31.1 Å². The van der Waals surface area contributed by atoms with E-state index in [1.165, 1.54) is 0 Å². The van der Waals surface area contributed by atoms with Gasteiger partial charge in [-0.1, -0.05) is 26.8 Å². The highest BCUT2D eigenvalue weighted by Gasteiger charge is 2.34. The average molecular weight is 275 g/mol. The predicted octanol–water partition coefficient (Wildman–Crippen LogP) is 2.56. The second-order valence-electron chi connectivity index (χ2n) is 5.73.